The Kier molecular flexibility index (Phi) is 3.85. The van der Waals surface area contributed by atoms with Crippen LogP contribution in [0.3, 0.4) is 0 Å². The van der Waals surface area contributed by atoms with Gasteiger partial charge in [-0.25, -0.2) is 0 Å². The normalized spacial score (nSPS) is 28.6. The van der Waals surface area contributed by atoms with Crippen LogP contribution in [0.2, 0.25) is 0 Å². The number of hydrogen-bond acceptors (Lipinski definition) is 4. The van der Waals surface area contributed by atoms with Crippen molar-refractivity contribution in [1.82, 2.24) is 0 Å². The van der Waals surface area contributed by atoms with Crippen molar-refractivity contribution in [1.29, 1.82) is 0 Å². The third-order valence-corrected chi connectivity index (χ3v) is 3.93. The molecule has 0 aromatic heterocycles. The number of aliphatic carboxylic acids is 1. The van der Waals surface area contributed by atoms with Crippen molar-refractivity contribution >= 4 is 17.6 Å². The van der Waals surface area contributed by atoms with Gasteiger partial charge < -0.3 is 19.9 Å². The average Bonchev–Trinajstić information content (AvgIpc) is 3.10. The first-order valence-corrected chi connectivity index (χ1v) is 7.21. The Bertz CT molecular complexity index is 627. The zero-order valence-corrected chi connectivity index (χ0v) is 12.1. The highest BCUT2D eigenvalue weighted by Crippen LogP contribution is 2.40. The van der Waals surface area contributed by atoms with Crippen LogP contribution in [0.1, 0.15) is 6.92 Å². The Morgan fingerprint density at radius 1 is 1.23 bits per heavy atom. The van der Waals surface area contributed by atoms with E-state index < -0.39 is 30.0 Å². The third-order valence-electron chi connectivity index (χ3n) is 3.93. The second kappa shape index (κ2) is 5.81. The maximum absolute atomic E-state index is 12.5. The topological polar surface area (TPSA) is 84.9 Å². The highest BCUT2D eigenvalue weighted by molar-refractivity contribution is 5.97. The van der Waals surface area contributed by atoms with Gasteiger partial charge in [-0.2, -0.15) is 0 Å². The number of carboxylic acids is 1. The molecule has 2 aliphatic rings. The number of rotatable bonds is 5. The van der Waals surface area contributed by atoms with Crippen LogP contribution < -0.4 is 10.1 Å². The molecule has 116 valence electrons. The van der Waals surface area contributed by atoms with Crippen molar-refractivity contribution in [2.24, 2.45) is 11.8 Å². The third kappa shape index (κ3) is 2.46. The number of hydrogen-bond donors (Lipinski definition) is 2. The summed E-state index contributed by atoms with van der Waals surface area (Å²) in [5, 5.41) is 12.1. The Morgan fingerprint density at radius 2 is 1.91 bits per heavy atom. The van der Waals surface area contributed by atoms with Gasteiger partial charge in [0.1, 0.15) is 11.7 Å². The van der Waals surface area contributed by atoms with Crippen molar-refractivity contribution in [3.63, 3.8) is 0 Å². The summed E-state index contributed by atoms with van der Waals surface area (Å²) in [5.41, 5.74) is 0.533. The number of ether oxygens (including phenoxy) is 2. The maximum atomic E-state index is 12.5. The van der Waals surface area contributed by atoms with E-state index in [-0.39, 0.29) is 5.91 Å². The van der Waals surface area contributed by atoms with Crippen LogP contribution in [0, 0.1) is 11.8 Å². The summed E-state index contributed by atoms with van der Waals surface area (Å²) in [6, 6.07) is 7.07. The minimum Gasteiger partial charge on any atom is -0.492 e. The number of amides is 1. The molecule has 1 aromatic carbocycles. The van der Waals surface area contributed by atoms with Crippen molar-refractivity contribution < 1.29 is 24.2 Å². The fourth-order valence-electron chi connectivity index (χ4n) is 2.98. The monoisotopic (exact) mass is 303 g/mol. The van der Waals surface area contributed by atoms with Gasteiger partial charge in [0, 0.05) is 0 Å². The summed E-state index contributed by atoms with van der Waals surface area (Å²) < 4.78 is 11.0. The van der Waals surface area contributed by atoms with Gasteiger partial charge in [0.25, 0.3) is 0 Å². The molecule has 4 atom stereocenters. The minimum absolute atomic E-state index is 0.364. The molecule has 6 heteroatoms. The van der Waals surface area contributed by atoms with Crippen LogP contribution in [-0.4, -0.2) is 35.8 Å². The lowest BCUT2D eigenvalue weighted by Gasteiger charge is -2.21. The summed E-state index contributed by atoms with van der Waals surface area (Å²) in [4.78, 5) is 23.9. The predicted molar refractivity (Wildman–Crippen MR) is 78.7 cm³/mol. The van der Waals surface area contributed by atoms with Gasteiger partial charge in [-0.05, 0) is 19.1 Å². The predicted octanol–water partition coefficient (Wildman–Crippen LogP) is 1.68. The van der Waals surface area contributed by atoms with Gasteiger partial charge in [0.05, 0.1) is 30.4 Å². The first kappa shape index (κ1) is 14.6. The lowest BCUT2D eigenvalue weighted by atomic mass is 9.82. The maximum Gasteiger partial charge on any atom is 0.310 e. The first-order chi connectivity index (χ1) is 10.6. The number of anilines is 1. The summed E-state index contributed by atoms with van der Waals surface area (Å²) in [6.07, 6.45) is 2.45. The number of benzene rings is 1. The van der Waals surface area contributed by atoms with E-state index in [1.807, 2.05) is 13.0 Å². The molecule has 2 N–H and O–H groups in total. The standard InChI is InChI=1S/C16H17NO5/c1-2-21-10-6-4-3-5-9(10)17-15(18)13-11-7-8-12(22-11)14(13)16(19)20/h3-8,11-14H,2H2,1H3,(H,17,18)(H,19,20)/t11-,12-,13-,14+/m1/s1. The zero-order valence-electron chi connectivity index (χ0n) is 12.1. The van der Waals surface area contributed by atoms with Crippen LogP contribution in [0.4, 0.5) is 5.69 Å². The number of nitrogens with one attached hydrogen (secondary N) is 1. The van der Waals surface area contributed by atoms with E-state index in [2.05, 4.69) is 5.32 Å². The van der Waals surface area contributed by atoms with E-state index in [0.717, 1.165) is 0 Å². The van der Waals surface area contributed by atoms with E-state index in [4.69, 9.17) is 9.47 Å². The average molecular weight is 303 g/mol. The molecule has 1 fully saturated rings. The second-order valence-corrected chi connectivity index (χ2v) is 5.26. The number of carboxylic acid groups (broad SMARTS) is 1. The fourth-order valence-corrected chi connectivity index (χ4v) is 2.98. The molecule has 1 saturated heterocycles. The van der Waals surface area contributed by atoms with E-state index in [1.165, 1.54) is 0 Å². The molecule has 1 amide bonds. The Hall–Kier alpha value is -2.34. The first-order valence-electron chi connectivity index (χ1n) is 7.21. The molecule has 6 nitrogen and oxygen atoms in total. The van der Waals surface area contributed by atoms with Gasteiger partial charge in [-0.3, -0.25) is 9.59 Å². The lowest BCUT2D eigenvalue weighted by molar-refractivity contribution is -0.145. The molecular formula is C16H17NO5. The lowest BCUT2D eigenvalue weighted by Crippen LogP contribution is -2.39. The fraction of sp³-hybridized carbons (Fsp3) is 0.375. The van der Waals surface area contributed by atoms with Gasteiger partial charge in [0.15, 0.2) is 0 Å². The number of carbonyl (C=O) groups excluding carboxylic acids is 1. The summed E-state index contributed by atoms with van der Waals surface area (Å²) >= 11 is 0. The van der Waals surface area contributed by atoms with Crippen molar-refractivity contribution in [3.05, 3.63) is 36.4 Å². The molecule has 0 spiro atoms. The molecular weight excluding hydrogens is 286 g/mol. The van der Waals surface area contributed by atoms with Crippen molar-refractivity contribution in [2.45, 2.75) is 19.1 Å². The second-order valence-electron chi connectivity index (χ2n) is 5.26. The summed E-state index contributed by atoms with van der Waals surface area (Å²) in [5.74, 6) is -2.41. The van der Waals surface area contributed by atoms with Gasteiger partial charge >= 0.3 is 5.97 Å². The highest BCUT2D eigenvalue weighted by Gasteiger charge is 2.53. The van der Waals surface area contributed by atoms with E-state index >= 15 is 0 Å². The van der Waals surface area contributed by atoms with E-state index in [0.29, 0.717) is 18.0 Å². The molecule has 2 heterocycles. The van der Waals surface area contributed by atoms with Crippen LogP contribution in [-0.2, 0) is 14.3 Å². The molecule has 1 aromatic rings. The zero-order chi connectivity index (χ0) is 15.7. The van der Waals surface area contributed by atoms with E-state index in [9.17, 15) is 14.7 Å². The molecule has 22 heavy (non-hydrogen) atoms. The van der Waals surface area contributed by atoms with E-state index in [1.54, 1.807) is 30.4 Å². The Morgan fingerprint density at radius 3 is 2.59 bits per heavy atom. The number of fused-ring (bicyclic) bond motifs is 2. The molecule has 2 aliphatic heterocycles. The van der Waals surface area contributed by atoms with Gasteiger partial charge in [0.2, 0.25) is 5.91 Å². The quantitative estimate of drug-likeness (QED) is 0.808. The number of carbonyl (C=O) groups is 2. The Labute approximate surface area is 127 Å². The molecule has 0 radical (unpaired) electrons. The summed E-state index contributed by atoms with van der Waals surface area (Å²) in [6.45, 7) is 2.33. The van der Waals surface area contributed by atoms with Crippen LogP contribution in [0.15, 0.2) is 36.4 Å². The Balaban J connectivity index is 1.80. The van der Waals surface area contributed by atoms with Crippen LogP contribution >= 0.6 is 0 Å². The molecule has 0 aliphatic carbocycles. The SMILES string of the molecule is CCOc1ccccc1NC(=O)[C@H]1[C@@H](C(=O)O)[C@H]2C=C[C@H]1O2. The molecule has 0 unspecified atom stereocenters. The highest BCUT2D eigenvalue weighted by atomic mass is 16.5. The molecule has 3 rings (SSSR count). The largest absolute Gasteiger partial charge is 0.492 e. The van der Waals surface area contributed by atoms with Gasteiger partial charge in [-0.15, -0.1) is 0 Å². The van der Waals surface area contributed by atoms with Crippen LogP contribution in [0.5, 0.6) is 5.75 Å². The van der Waals surface area contributed by atoms with Crippen molar-refractivity contribution in [3.8, 4) is 5.75 Å². The smallest absolute Gasteiger partial charge is 0.310 e. The molecule has 2 bridgehead atoms. The van der Waals surface area contributed by atoms with Gasteiger partial charge in [-0.1, -0.05) is 24.3 Å². The minimum atomic E-state index is -1.02. The summed E-state index contributed by atoms with van der Waals surface area (Å²) in [7, 11) is 0. The van der Waals surface area contributed by atoms with Crippen molar-refractivity contribution in [2.75, 3.05) is 11.9 Å². The molecule has 0 saturated carbocycles. The van der Waals surface area contributed by atoms with Crippen LogP contribution in [0.25, 0.3) is 0 Å². The number of para-hydroxylation sites is 2.